The first kappa shape index (κ1) is 11.1. The molecule has 1 N–H and O–H groups in total. The summed E-state index contributed by atoms with van der Waals surface area (Å²) in [5.41, 5.74) is 1.51. The van der Waals surface area contributed by atoms with Gasteiger partial charge in [-0.25, -0.2) is 0 Å². The van der Waals surface area contributed by atoms with Crippen LogP contribution in [0.2, 0.25) is 0 Å². The summed E-state index contributed by atoms with van der Waals surface area (Å²) in [6.45, 7) is 7.56. The third-order valence-corrected chi connectivity index (χ3v) is 3.47. The van der Waals surface area contributed by atoms with Crippen LogP contribution in [-0.4, -0.2) is 50.8 Å². The Morgan fingerprint density at radius 2 is 2.40 bits per heavy atom. The second-order valence-electron chi connectivity index (χ2n) is 4.77. The van der Waals surface area contributed by atoms with Gasteiger partial charge in [-0.2, -0.15) is 0 Å². The Morgan fingerprint density at radius 1 is 1.53 bits per heavy atom. The zero-order chi connectivity index (χ0) is 10.7. The molecule has 3 nitrogen and oxygen atoms in total. The van der Waals surface area contributed by atoms with Gasteiger partial charge < -0.3 is 10.1 Å². The SMILES string of the molecule is CNC1COCC1CN1CCC=C(C)C1. The van der Waals surface area contributed by atoms with Crippen molar-refractivity contribution in [3.8, 4) is 0 Å². The second kappa shape index (κ2) is 5.10. The molecule has 3 heteroatoms. The largest absolute Gasteiger partial charge is 0.379 e. The summed E-state index contributed by atoms with van der Waals surface area (Å²) < 4.78 is 5.53. The number of rotatable bonds is 3. The maximum absolute atomic E-state index is 5.53. The third kappa shape index (κ3) is 2.80. The number of nitrogens with one attached hydrogen (secondary N) is 1. The molecule has 0 bridgehead atoms. The predicted molar refractivity (Wildman–Crippen MR) is 62.0 cm³/mol. The molecule has 2 unspecified atom stereocenters. The van der Waals surface area contributed by atoms with Gasteiger partial charge in [-0.05, 0) is 20.4 Å². The first-order valence-electron chi connectivity index (χ1n) is 5.92. The highest BCUT2D eigenvalue weighted by molar-refractivity contribution is 5.04. The van der Waals surface area contributed by atoms with E-state index in [0.29, 0.717) is 12.0 Å². The van der Waals surface area contributed by atoms with Crippen molar-refractivity contribution in [3.63, 3.8) is 0 Å². The Kier molecular flexibility index (Phi) is 3.78. The standard InChI is InChI=1S/C12H22N2O/c1-10-4-3-5-14(6-10)7-11-8-15-9-12(11)13-2/h4,11-13H,3,5-9H2,1-2H3. The van der Waals surface area contributed by atoms with E-state index in [1.165, 1.54) is 25.1 Å². The summed E-state index contributed by atoms with van der Waals surface area (Å²) in [6, 6.07) is 0.552. The van der Waals surface area contributed by atoms with Crippen molar-refractivity contribution in [2.75, 3.05) is 39.9 Å². The van der Waals surface area contributed by atoms with E-state index in [1.54, 1.807) is 0 Å². The Hall–Kier alpha value is -0.380. The molecule has 2 aliphatic heterocycles. The molecule has 2 atom stereocenters. The smallest absolute Gasteiger partial charge is 0.0623 e. The van der Waals surface area contributed by atoms with E-state index in [2.05, 4.69) is 23.2 Å². The zero-order valence-corrected chi connectivity index (χ0v) is 9.83. The summed E-state index contributed by atoms with van der Waals surface area (Å²) >= 11 is 0. The molecule has 86 valence electrons. The van der Waals surface area contributed by atoms with Crippen LogP contribution >= 0.6 is 0 Å². The molecule has 0 amide bonds. The van der Waals surface area contributed by atoms with Gasteiger partial charge in [-0.3, -0.25) is 4.90 Å². The molecule has 0 aliphatic carbocycles. The molecule has 0 aromatic rings. The average Bonchev–Trinajstić information content (AvgIpc) is 2.65. The van der Waals surface area contributed by atoms with Crippen LogP contribution in [0.1, 0.15) is 13.3 Å². The fourth-order valence-corrected chi connectivity index (χ4v) is 2.57. The van der Waals surface area contributed by atoms with E-state index >= 15 is 0 Å². The van der Waals surface area contributed by atoms with Crippen molar-refractivity contribution in [3.05, 3.63) is 11.6 Å². The van der Waals surface area contributed by atoms with Crippen molar-refractivity contribution in [2.24, 2.45) is 5.92 Å². The number of hydrogen-bond acceptors (Lipinski definition) is 3. The second-order valence-corrected chi connectivity index (χ2v) is 4.77. The van der Waals surface area contributed by atoms with Gasteiger partial charge in [-0.1, -0.05) is 11.6 Å². The molecule has 0 saturated carbocycles. The van der Waals surface area contributed by atoms with Crippen molar-refractivity contribution in [1.82, 2.24) is 10.2 Å². The monoisotopic (exact) mass is 210 g/mol. The van der Waals surface area contributed by atoms with Crippen molar-refractivity contribution < 1.29 is 4.74 Å². The van der Waals surface area contributed by atoms with E-state index in [1.807, 2.05) is 7.05 Å². The van der Waals surface area contributed by atoms with Crippen LogP contribution in [0.3, 0.4) is 0 Å². The van der Waals surface area contributed by atoms with Crippen molar-refractivity contribution in [1.29, 1.82) is 0 Å². The Labute approximate surface area is 92.5 Å². The topological polar surface area (TPSA) is 24.5 Å². The van der Waals surface area contributed by atoms with Gasteiger partial charge in [0, 0.05) is 31.6 Å². The van der Waals surface area contributed by atoms with Crippen LogP contribution in [0.15, 0.2) is 11.6 Å². The van der Waals surface area contributed by atoms with Gasteiger partial charge in [0.05, 0.1) is 13.2 Å². The zero-order valence-electron chi connectivity index (χ0n) is 9.83. The van der Waals surface area contributed by atoms with E-state index in [4.69, 9.17) is 4.74 Å². The molecule has 2 aliphatic rings. The number of ether oxygens (including phenoxy) is 1. The minimum Gasteiger partial charge on any atom is -0.379 e. The lowest BCUT2D eigenvalue weighted by Gasteiger charge is -2.30. The minimum absolute atomic E-state index is 0.552. The molecule has 0 radical (unpaired) electrons. The van der Waals surface area contributed by atoms with Crippen molar-refractivity contribution in [2.45, 2.75) is 19.4 Å². The highest BCUT2D eigenvalue weighted by Crippen LogP contribution is 2.17. The average molecular weight is 210 g/mol. The summed E-state index contributed by atoms with van der Waals surface area (Å²) in [5.74, 6) is 0.667. The normalized spacial score (nSPS) is 33.1. The molecule has 0 aromatic carbocycles. The van der Waals surface area contributed by atoms with Gasteiger partial charge in [0.1, 0.15) is 0 Å². The van der Waals surface area contributed by atoms with Crippen LogP contribution in [0.4, 0.5) is 0 Å². The predicted octanol–water partition coefficient (Wildman–Crippen LogP) is 0.873. The lowest BCUT2D eigenvalue weighted by atomic mass is 10.0. The summed E-state index contributed by atoms with van der Waals surface area (Å²) in [4.78, 5) is 2.55. The van der Waals surface area contributed by atoms with Crippen LogP contribution in [0.25, 0.3) is 0 Å². The van der Waals surface area contributed by atoms with Gasteiger partial charge in [0.15, 0.2) is 0 Å². The fraction of sp³-hybridized carbons (Fsp3) is 0.833. The summed E-state index contributed by atoms with van der Waals surface area (Å²) in [6.07, 6.45) is 3.57. The lowest BCUT2D eigenvalue weighted by molar-refractivity contribution is 0.169. The van der Waals surface area contributed by atoms with Crippen LogP contribution in [-0.2, 0) is 4.74 Å². The van der Waals surface area contributed by atoms with Crippen LogP contribution < -0.4 is 5.32 Å². The minimum atomic E-state index is 0.552. The van der Waals surface area contributed by atoms with Gasteiger partial charge in [0.2, 0.25) is 0 Å². The Bertz CT molecular complexity index is 240. The van der Waals surface area contributed by atoms with Gasteiger partial charge in [0.25, 0.3) is 0 Å². The fourth-order valence-electron chi connectivity index (χ4n) is 2.57. The molecule has 1 saturated heterocycles. The molecule has 0 aromatic heterocycles. The van der Waals surface area contributed by atoms with Crippen molar-refractivity contribution >= 4 is 0 Å². The first-order valence-corrected chi connectivity index (χ1v) is 5.92. The maximum atomic E-state index is 5.53. The lowest BCUT2D eigenvalue weighted by Crippen LogP contribution is -2.41. The first-order chi connectivity index (χ1) is 7.29. The highest BCUT2D eigenvalue weighted by Gasteiger charge is 2.28. The summed E-state index contributed by atoms with van der Waals surface area (Å²) in [7, 11) is 2.04. The number of likely N-dealkylation sites (N-methyl/N-ethyl adjacent to an activating group) is 1. The van der Waals surface area contributed by atoms with E-state index in [-0.39, 0.29) is 0 Å². The third-order valence-electron chi connectivity index (χ3n) is 3.47. The molecule has 15 heavy (non-hydrogen) atoms. The molecular weight excluding hydrogens is 188 g/mol. The summed E-state index contributed by atoms with van der Waals surface area (Å²) in [5, 5.41) is 3.35. The van der Waals surface area contributed by atoms with Gasteiger partial charge >= 0.3 is 0 Å². The van der Waals surface area contributed by atoms with Crippen LogP contribution in [0, 0.1) is 5.92 Å². The maximum Gasteiger partial charge on any atom is 0.0623 e. The van der Waals surface area contributed by atoms with E-state index in [9.17, 15) is 0 Å². The number of nitrogens with zero attached hydrogens (tertiary/aromatic N) is 1. The van der Waals surface area contributed by atoms with Crippen LogP contribution in [0.5, 0.6) is 0 Å². The molecular formula is C12H22N2O. The quantitative estimate of drug-likeness (QED) is 0.700. The number of hydrogen-bond donors (Lipinski definition) is 1. The van der Waals surface area contributed by atoms with E-state index in [0.717, 1.165) is 19.8 Å². The molecule has 2 rings (SSSR count). The molecule has 0 spiro atoms. The Balaban J connectivity index is 1.83. The van der Waals surface area contributed by atoms with Gasteiger partial charge in [-0.15, -0.1) is 0 Å². The highest BCUT2D eigenvalue weighted by atomic mass is 16.5. The Morgan fingerprint density at radius 3 is 3.13 bits per heavy atom. The molecule has 2 heterocycles. The van der Waals surface area contributed by atoms with E-state index < -0.39 is 0 Å². The molecule has 1 fully saturated rings.